The number of nitrogens with one attached hydrogen (secondary N) is 1. The Morgan fingerprint density at radius 3 is 2.58 bits per heavy atom. The van der Waals surface area contributed by atoms with Gasteiger partial charge < -0.3 is 14.8 Å². The molecule has 0 atom stereocenters. The van der Waals surface area contributed by atoms with Gasteiger partial charge in [0, 0.05) is 37.1 Å². The molecule has 6 nitrogen and oxygen atoms in total. The van der Waals surface area contributed by atoms with Gasteiger partial charge in [0.2, 0.25) is 5.91 Å². The summed E-state index contributed by atoms with van der Waals surface area (Å²) >= 11 is 0. The Morgan fingerprint density at radius 2 is 1.84 bits per heavy atom. The first-order chi connectivity index (χ1) is 15.0. The largest absolute Gasteiger partial charge is 0.322 e. The van der Waals surface area contributed by atoms with Gasteiger partial charge in [-0.3, -0.25) is 14.4 Å². The third-order valence-corrected chi connectivity index (χ3v) is 5.57. The lowest BCUT2D eigenvalue weighted by molar-refractivity contribution is -0.117. The normalized spacial score (nSPS) is 13.5. The molecule has 6 heteroatoms. The molecular formula is C25H25N3O3. The number of anilines is 2. The minimum atomic E-state index is -0.443. The number of hydrogen-bond donors (Lipinski definition) is 1. The highest BCUT2D eigenvalue weighted by Gasteiger charge is 2.22. The van der Waals surface area contributed by atoms with Crippen LogP contribution in [0, 0.1) is 6.92 Å². The average molecular weight is 415 g/mol. The number of pyridine rings is 1. The van der Waals surface area contributed by atoms with E-state index < -0.39 is 5.91 Å². The van der Waals surface area contributed by atoms with Crippen LogP contribution in [0.25, 0.3) is 0 Å². The zero-order chi connectivity index (χ0) is 21.8. The summed E-state index contributed by atoms with van der Waals surface area (Å²) in [6.45, 7) is 2.94. The molecule has 0 radical (unpaired) electrons. The van der Waals surface area contributed by atoms with Crippen LogP contribution in [-0.4, -0.2) is 22.9 Å². The van der Waals surface area contributed by atoms with Crippen LogP contribution in [0.5, 0.6) is 0 Å². The molecule has 1 fully saturated rings. The van der Waals surface area contributed by atoms with Crippen molar-refractivity contribution in [2.45, 2.75) is 32.7 Å². The molecular weight excluding hydrogens is 390 g/mol. The highest BCUT2D eigenvalue weighted by Crippen LogP contribution is 2.24. The van der Waals surface area contributed by atoms with Crippen LogP contribution in [0.4, 0.5) is 11.4 Å². The van der Waals surface area contributed by atoms with Gasteiger partial charge in [-0.15, -0.1) is 0 Å². The molecule has 1 aliphatic rings. The van der Waals surface area contributed by atoms with E-state index in [0.29, 0.717) is 37.2 Å². The Bertz CT molecular complexity index is 1170. The van der Waals surface area contributed by atoms with E-state index in [1.807, 2.05) is 36.4 Å². The lowest BCUT2D eigenvalue weighted by Crippen LogP contribution is -2.30. The Labute approximate surface area is 181 Å². The number of aromatic nitrogens is 1. The van der Waals surface area contributed by atoms with Crippen molar-refractivity contribution in [2.75, 3.05) is 16.8 Å². The van der Waals surface area contributed by atoms with Crippen LogP contribution < -0.4 is 15.8 Å². The first-order valence-corrected chi connectivity index (χ1v) is 10.5. The van der Waals surface area contributed by atoms with Crippen molar-refractivity contribution in [3.8, 4) is 0 Å². The van der Waals surface area contributed by atoms with Crippen LogP contribution in [0.3, 0.4) is 0 Å². The molecule has 1 aliphatic heterocycles. The van der Waals surface area contributed by atoms with E-state index >= 15 is 0 Å². The summed E-state index contributed by atoms with van der Waals surface area (Å²) < 4.78 is 1.58. The molecule has 158 valence electrons. The van der Waals surface area contributed by atoms with Crippen molar-refractivity contribution in [3.63, 3.8) is 0 Å². The molecule has 1 N–H and O–H groups in total. The maximum absolute atomic E-state index is 13.0. The van der Waals surface area contributed by atoms with E-state index in [0.717, 1.165) is 17.7 Å². The topological polar surface area (TPSA) is 71.4 Å². The van der Waals surface area contributed by atoms with Gasteiger partial charge in [-0.25, -0.2) is 0 Å². The summed E-state index contributed by atoms with van der Waals surface area (Å²) in [7, 11) is 0. The van der Waals surface area contributed by atoms with Crippen molar-refractivity contribution < 1.29 is 9.59 Å². The first-order valence-electron chi connectivity index (χ1n) is 10.5. The van der Waals surface area contributed by atoms with E-state index in [1.165, 1.54) is 0 Å². The summed E-state index contributed by atoms with van der Waals surface area (Å²) in [5.74, 6) is -0.356. The molecule has 2 heterocycles. The molecule has 0 spiro atoms. The van der Waals surface area contributed by atoms with Crippen molar-refractivity contribution >= 4 is 23.2 Å². The summed E-state index contributed by atoms with van der Waals surface area (Å²) in [6, 6.07) is 18.9. The molecule has 3 aromatic rings. The molecule has 31 heavy (non-hydrogen) atoms. The molecule has 0 saturated carbocycles. The second-order valence-corrected chi connectivity index (χ2v) is 7.76. The Balaban J connectivity index is 1.53. The predicted molar refractivity (Wildman–Crippen MR) is 122 cm³/mol. The van der Waals surface area contributed by atoms with Gasteiger partial charge in [0.1, 0.15) is 5.56 Å². The molecule has 4 rings (SSSR count). The van der Waals surface area contributed by atoms with Gasteiger partial charge in [-0.2, -0.15) is 0 Å². The van der Waals surface area contributed by atoms with E-state index in [9.17, 15) is 14.4 Å². The number of rotatable bonds is 6. The Kier molecular flexibility index (Phi) is 5.98. The predicted octanol–water partition coefficient (Wildman–Crippen LogP) is 3.78. The Hall–Kier alpha value is -3.67. The molecule has 0 bridgehead atoms. The number of aryl methyl sites for hydroxylation is 3. The number of carbonyl (C=O) groups is 2. The van der Waals surface area contributed by atoms with Gasteiger partial charge in [-0.05, 0) is 55.2 Å². The average Bonchev–Trinajstić information content (AvgIpc) is 3.20. The summed E-state index contributed by atoms with van der Waals surface area (Å²) in [5.41, 5.74) is 2.90. The minimum Gasteiger partial charge on any atom is -0.322 e. The molecule has 1 aromatic heterocycles. The number of nitrogens with zero attached hydrogens (tertiary/aromatic N) is 2. The summed E-state index contributed by atoms with van der Waals surface area (Å²) in [4.78, 5) is 39.7. The lowest BCUT2D eigenvalue weighted by atomic mass is 10.1. The number of carbonyl (C=O) groups excluding carboxylic acids is 2. The zero-order valence-corrected chi connectivity index (χ0v) is 17.5. The number of benzene rings is 2. The number of hydrogen-bond acceptors (Lipinski definition) is 3. The maximum Gasteiger partial charge on any atom is 0.263 e. The number of amides is 2. The second kappa shape index (κ2) is 9.00. The minimum absolute atomic E-state index is 0.0867. The third kappa shape index (κ3) is 4.58. The second-order valence-electron chi connectivity index (χ2n) is 7.76. The SMILES string of the molecule is Cc1ccn(CCc2ccccc2)c(=O)c1C(=O)Nc1cccc(N2CCCC2=O)c1. The molecule has 2 amide bonds. The van der Waals surface area contributed by atoms with Gasteiger partial charge in [0.15, 0.2) is 0 Å². The highest BCUT2D eigenvalue weighted by atomic mass is 16.2. The van der Waals surface area contributed by atoms with Crippen molar-refractivity contribution in [1.29, 1.82) is 0 Å². The van der Waals surface area contributed by atoms with Gasteiger partial charge >= 0.3 is 0 Å². The quantitative estimate of drug-likeness (QED) is 0.666. The van der Waals surface area contributed by atoms with Gasteiger partial charge in [0.05, 0.1) is 0 Å². The maximum atomic E-state index is 13.0. The van der Waals surface area contributed by atoms with Gasteiger partial charge in [0.25, 0.3) is 11.5 Å². The van der Waals surface area contributed by atoms with Crippen molar-refractivity contribution in [1.82, 2.24) is 4.57 Å². The van der Waals surface area contributed by atoms with Crippen LogP contribution in [0.15, 0.2) is 71.7 Å². The first kappa shape index (κ1) is 20.6. The van der Waals surface area contributed by atoms with Crippen LogP contribution in [0.1, 0.15) is 34.3 Å². The molecule has 0 unspecified atom stereocenters. The third-order valence-electron chi connectivity index (χ3n) is 5.57. The summed E-state index contributed by atoms with van der Waals surface area (Å²) in [6.07, 6.45) is 3.82. The zero-order valence-electron chi connectivity index (χ0n) is 17.5. The Morgan fingerprint density at radius 1 is 1.03 bits per heavy atom. The lowest BCUT2D eigenvalue weighted by Gasteiger charge is -2.17. The standard InChI is InChI=1S/C25H25N3O3/c1-18-12-15-27(16-13-19-7-3-2-4-8-19)25(31)23(18)24(30)26-20-9-5-10-21(17-20)28-14-6-11-22(28)29/h2-5,7-10,12,15,17H,6,11,13-14,16H2,1H3,(H,26,30). The van der Waals surface area contributed by atoms with Crippen LogP contribution in [-0.2, 0) is 17.8 Å². The molecule has 0 aliphatic carbocycles. The van der Waals surface area contributed by atoms with Crippen LogP contribution >= 0.6 is 0 Å². The monoisotopic (exact) mass is 415 g/mol. The van der Waals surface area contributed by atoms with Crippen LogP contribution in [0.2, 0.25) is 0 Å². The molecule has 2 aromatic carbocycles. The van der Waals surface area contributed by atoms with E-state index in [-0.39, 0.29) is 17.0 Å². The van der Waals surface area contributed by atoms with E-state index in [2.05, 4.69) is 5.32 Å². The fourth-order valence-electron chi connectivity index (χ4n) is 3.88. The molecule has 1 saturated heterocycles. The fraction of sp³-hybridized carbons (Fsp3) is 0.240. The van der Waals surface area contributed by atoms with E-state index in [4.69, 9.17) is 0 Å². The van der Waals surface area contributed by atoms with E-state index in [1.54, 1.807) is 46.9 Å². The fourth-order valence-corrected chi connectivity index (χ4v) is 3.88. The smallest absolute Gasteiger partial charge is 0.263 e. The van der Waals surface area contributed by atoms with Gasteiger partial charge in [-0.1, -0.05) is 36.4 Å². The highest BCUT2D eigenvalue weighted by molar-refractivity contribution is 6.05. The van der Waals surface area contributed by atoms with Crippen molar-refractivity contribution in [3.05, 3.63) is 93.9 Å². The van der Waals surface area contributed by atoms with Crippen molar-refractivity contribution in [2.24, 2.45) is 0 Å². The summed E-state index contributed by atoms with van der Waals surface area (Å²) in [5, 5.41) is 2.83.